The molecule has 0 radical (unpaired) electrons. The Morgan fingerprint density at radius 3 is 2.24 bits per heavy atom. The van der Waals surface area contributed by atoms with Crippen molar-refractivity contribution in [1.29, 1.82) is 0 Å². The number of nitrogens with zero attached hydrogens (tertiary/aromatic N) is 2. The van der Waals surface area contributed by atoms with Gasteiger partial charge in [0.1, 0.15) is 17.3 Å². The molecule has 0 atom stereocenters. The van der Waals surface area contributed by atoms with Gasteiger partial charge in [-0.1, -0.05) is 61.5 Å². The zero-order valence-electron chi connectivity index (χ0n) is 18.6. The van der Waals surface area contributed by atoms with Gasteiger partial charge in [0, 0.05) is 13.6 Å². The van der Waals surface area contributed by atoms with E-state index in [-0.39, 0.29) is 11.3 Å². The van der Waals surface area contributed by atoms with Crippen LogP contribution < -0.4 is 9.64 Å². The number of likely N-dealkylation sites (N-methyl/N-ethyl adjacent to an activating group) is 1. The van der Waals surface area contributed by atoms with E-state index < -0.39 is 17.6 Å². The summed E-state index contributed by atoms with van der Waals surface area (Å²) in [6, 6.07) is 22.3. The maximum absolute atomic E-state index is 13.7. The highest BCUT2D eigenvalue weighted by Gasteiger charge is 2.42. The van der Waals surface area contributed by atoms with Crippen LogP contribution in [0.5, 0.6) is 5.75 Å². The van der Waals surface area contributed by atoms with Crippen LogP contribution >= 0.6 is 0 Å². The first-order chi connectivity index (χ1) is 16.0. The number of amides is 2. The number of carbonyl (C=O) groups is 2. The normalized spacial score (nSPS) is 13.6. The molecule has 0 saturated carbocycles. The topological polar surface area (TPSA) is 49.9 Å². The molecule has 0 aliphatic carbocycles. The Bertz CT molecular complexity index is 1190. The van der Waals surface area contributed by atoms with Crippen molar-refractivity contribution in [2.75, 3.05) is 18.6 Å². The molecule has 4 rings (SSSR count). The molecular formula is C27H25FN2O3. The third kappa shape index (κ3) is 4.51. The summed E-state index contributed by atoms with van der Waals surface area (Å²) >= 11 is 0. The van der Waals surface area contributed by atoms with E-state index in [9.17, 15) is 14.0 Å². The van der Waals surface area contributed by atoms with Gasteiger partial charge < -0.3 is 9.64 Å². The van der Waals surface area contributed by atoms with Crippen molar-refractivity contribution in [2.24, 2.45) is 0 Å². The number of benzene rings is 3. The average Bonchev–Trinajstić information content (AvgIpc) is 3.09. The summed E-state index contributed by atoms with van der Waals surface area (Å²) in [5.74, 6) is -0.851. The SMILES string of the molecule is CCCOc1ccccc1N1C(=O)C(c2ccc(F)cc2)=C(N(C)Cc2ccccc2)C1=O. The molecule has 1 heterocycles. The lowest BCUT2D eigenvalue weighted by Gasteiger charge is -2.22. The second-order valence-corrected chi connectivity index (χ2v) is 7.83. The van der Waals surface area contributed by atoms with Crippen molar-refractivity contribution in [2.45, 2.75) is 19.9 Å². The highest BCUT2D eigenvalue weighted by atomic mass is 19.1. The van der Waals surface area contributed by atoms with E-state index in [2.05, 4.69) is 0 Å². The zero-order chi connectivity index (χ0) is 23.4. The van der Waals surface area contributed by atoms with Crippen molar-refractivity contribution in [1.82, 2.24) is 4.90 Å². The van der Waals surface area contributed by atoms with Crippen LogP contribution in [0, 0.1) is 5.82 Å². The molecule has 0 bridgehead atoms. The van der Waals surface area contributed by atoms with Crippen LogP contribution in [0.3, 0.4) is 0 Å². The number of para-hydroxylation sites is 2. The number of ether oxygens (including phenoxy) is 1. The molecule has 1 aliphatic heterocycles. The molecule has 33 heavy (non-hydrogen) atoms. The minimum absolute atomic E-state index is 0.240. The van der Waals surface area contributed by atoms with Gasteiger partial charge >= 0.3 is 0 Å². The van der Waals surface area contributed by atoms with Gasteiger partial charge in [0.15, 0.2) is 0 Å². The van der Waals surface area contributed by atoms with Gasteiger partial charge in [-0.15, -0.1) is 0 Å². The summed E-state index contributed by atoms with van der Waals surface area (Å²) < 4.78 is 19.4. The van der Waals surface area contributed by atoms with E-state index in [1.54, 1.807) is 36.2 Å². The number of halogens is 1. The summed E-state index contributed by atoms with van der Waals surface area (Å²) in [6.45, 7) is 2.88. The molecule has 3 aromatic rings. The highest BCUT2D eigenvalue weighted by Crippen LogP contribution is 2.38. The molecule has 0 aromatic heterocycles. The van der Waals surface area contributed by atoms with Gasteiger partial charge in [-0.25, -0.2) is 9.29 Å². The Labute approximate surface area is 192 Å². The van der Waals surface area contributed by atoms with Gasteiger partial charge in [0.25, 0.3) is 11.8 Å². The first-order valence-corrected chi connectivity index (χ1v) is 10.9. The number of hydrogen-bond acceptors (Lipinski definition) is 4. The van der Waals surface area contributed by atoms with Crippen LogP contribution in [-0.4, -0.2) is 30.4 Å². The van der Waals surface area contributed by atoms with Crippen LogP contribution in [0.15, 0.2) is 84.6 Å². The molecule has 2 amide bonds. The lowest BCUT2D eigenvalue weighted by Crippen LogP contribution is -2.34. The third-order valence-corrected chi connectivity index (χ3v) is 5.40. The van der Waals surface area contributed by atoms with Gasteiger partial charge in [0.2, 0.25) is 0 Å². The molecule has 3 aromatic carbocycles. The van der Waals surface area contributed by atoms with Crippen molar-refractivity contribution < 1.29 is 18.7 Å². The van der Waals surface area contributed by atoms with E-state index in [0.717, 1.165) is 16.9 Å². The molecule has 5 nitrogen and oxygen atoms in total. The summed E-state index contributed by atoms with van der Waals surface area (Å²) in [5.41, 5.74) is 2.38. The van der Waals surface area contributed by atoms with Gasteiger partial charge in [-0.2, -0.15) is 0 Å². The Balaban J connectivity index is 1.79. The van der Waals surface area contributed by atoms with E-state index >= 15 is 0 Å². The zero-order valence-corrected chi connectivity index (χ0v) is 18.6. The fourth-order valence-corrected chi connectivity index (χ4v) is 3.88. The minimum Gasteiger partial charge on any atom is -0.491 e. The van der Waals surface area contributed by atoms with Crippen LogP contribution in [-0.2, 0) is 16.1 Å². The van der Waals surface area contributed by atoms with Gasteiger partial charge in [0.05, 0.1) is 17.9 Å². The quantitative estimate of drug-likeness (QED) is 0.457. The largest absolute Gasteiger partial charge is 0.491 e. The second-order valence-electron chi connectivity index (χ2n) is 7.83. The molecule has 168 valence electrons. The van der Waals surface area contributed by atoms with E-state index in [1.807, 2.05) is 37.3 Å². The van der Waals surface area contributed by atoms with E-state index in [4.69, 9.17) is 4.74 Å². The molecule has 0 N–H and O–H groups in total. The Kier molecular flexibility index (Phi) is 6.54. The molecule has 0 saturated heterocycles. The standard InChI is InChI=1S/C27H25FN2O3/c1-3-17-33-23-12-8-7-11-22(23)30-26(31)24(20-13-15-21(28)16-14-20)25(27(30)32)29(2)18-19-9-5-4-6-10-19/h4-16H,3,17-18H2,1-2H3. The lowest BCUT2D eigenvalue weighted by molar-refractivity contribution is -0.120. The monoisotopic (exact) mass is 444 g/mol. The van der Waals surface area contributed by atoms with Crippen LogP contribution in [0.25, 0.3) is 5.57 Å². The summed E-state index contributed by atoms with van der Waals surface area (Å²) in [7, 11) is 1.78. The summed E-state index contributed by atoms with van der Waals surface area (Å²) in [5, 5.41) is 0. The van der Waals surface area contributed by atoms with E-state index in [1.165, 1.54) is 24.3 Å². The third-order valence-electron chi connectivity index (χ3n) is 5.40. The van der Waals surface area contributed by atoms with Crippen molar-refractivity contribution in [3.8, 4) is 5.75 Å². The number of carbonyl (C=O) groups excluding carboxylic acids is 2. The fourth-order valence-electron chi connectivity index (χ4n) is 3.88. The summed E-state index contributed by atoms with van der Waals surface area (Å²) in [4.78, 5) is 30.3. The Hall–Kier alpha value is -3.93. The van der Waals surface area contributed by atoms with Crippen LogP contribution in [0.1, 0.15) is 24.5 Å². The molecular weight excluding hydrogens is 419 g/mol. The second kappa shape index (κ2) is 9.69. The van der Waals surface area contributed by atoms with E-state index in [0.29, 0.717) is 30.2 Å². The molecule has 6 heteroatoms. The molecule has 1 aliphatic rings. The molecule has 0 fully saturated rings. The van der Waals surface area contributed by atoms with Crippen LogP contribution in [0.2, 0.25) is 0 Å². The fraction of sp³-hybridized carbons (Fsp3) is 0.185. The van der Waals surface area contributed by atoms with Crippen LogP contribution in [0.4, 0.5) is 10.1 Å². The summed E-state index contributed by atoms with van der Waals surface area (Å²) in [6.07, 6.45) is 0.792. The predicted octanol–water partition coefficient (Wildman–Crippen LogP) is 5.03. The number of anilines is 1. The highest BCUT2D eigenvalue weighted by molar-refractivity contribution is 6.45. The lowest BCUT2D eigenvalue weighted by atomic mass is 10.0. The Morgan fingerprint density at radius 2 is 1.55 bits per heavy atom. The molecule has 0 unspecified atom stereocenters. The minimum atomic E-state index is -0.464. The maximum Gasteiger partial charge on any atom is 0.282 e. The average molecular weight is 445 g/mol. The molecule has 0 spiro atoms. The van der Waals surface area contributed by atoms with Crippen molar-refractivity contribution in [3.05, 3.63) is 102 Å². The number of hydrogen-bond donors (Lipinski definition) is 0. The first kappa shape index (κ1) is 22.3. The van der Waals surface area contributed by atoms with Gasteiger partial charge in [-0.3, -0.25) is 9.59 Å². The van der Waals surface area contributed by atoms with Crippen molar-refractivity contribution >= 4 is 23.1 Å². The number of rotatable bonds is 8. The smallest absolute Gasteiger partial charge is 0.282 e. The predicted molar refractivity (Wildman–Crippen MR) is 126 cm³/mol. The first-order valence-electron chi connectivity index (χ1n) is 10.9. The Morgan fingerprint density at radius 1 is 0.879 bits per heavy atom. The van der Waals surface area contributed by atoms with Gasteiger partial charge in [-0.05, 0) is 41.8 Å². The van der Waals surface area contributed by atoms with Crippen molar-refractivity contribution in [3.63, 3.8) is 0 Å². The number of imide groups is 1. The maximum atomic E-state index is 13.7.